The first kappa shape index (κ1) is 7.55. The van der Waals surface area contributed by atoms with E-state index in [9.17, 15) is 0 Å². The SMILES string of the molecule is CC(C)(CBr)OC1CC1. The van der Waals surface area contributed by atoms with E-state index in [1.807, 2.05) is 0 Å². The number of ether oxygens (including phenoxy) is 1. The van der Waals surface area contributed by atoms with Gasteiger partial charge in [-0.15, -0.1) is 0 Å². The molecule has 0 saturated heterocycles. The summed E-state index contributed by atoms with van der Waals surface area (Å²) in [7, 11) is 0. The van der Waals surface area contributed by atoms with Gasteiger partial charge in [-0.2, -0.15) is 0 Å². The molecule has 0 radical (unpaired) electrons. The molecule has 0 bridgehead atoms. The molecule has 0 aromatic rings. The van der Waals surface area contributed by atoms with E-state index in [4.69, 9.17) is 4.74 Å². The lowest BCUT2D eigenvalue weighted by atomic mass is 10.2. The number of alkyl halides is 1. The molecule has 1 fully saturated rings. The van der Waals surface area contributed by atoms with E-state index in [1.165, 1.54) is 12.8 Å². The summed E-state index contributed by atoms with van der Waals surface area (Å²) >= 11 is 3.40. The molecule has 1 nitrogen and oxygen atoms in total. The Labute approximate surface area is 64.9 Å². The van der Waals surface area contributed by atoms with Crippen molar-refractivity contribution in [1.82, 2.24) is 0 Å². The molecule has 0 aromatic heterocycles. The van der Waals surface area contributed by atoms with Crippen molar-refractivity contribution in [1.29, 1.82) is 0 Å². The van der Waals surface area contributed by atoms with Crippen molar-refractivity contribution in [3.8, 4) is 0 Å². The summed E-state index contributed by atoms with van der Waals surface area (Å²) in [5.74, 6) is 0. The second kappa shape index (κ2) is 2.59. The summed E-state index contributed by atoms with van der Waals surface area (Å²) in [4.78, 5) is 0. The van der Waals surface area contributed by atoms with Crippen LogP contribution in [-0.4, -0.2) is 17.0 Å². The molecule has 0 N–H and O–H groups in total. The van der Waals surface area contributed by atoms with Crippen LogP contribution < -0.4 is 0 Å². The minimum atomic E-state index is 0.0428. The van der Waals surface area contributed by atoms with E-state index in [0.717, 1.165) is 5.33 Å². The predicted molar refractivity (Wildman–Crippen MR) is 42.0 cm³/mol. The number of hydrogen-bond donors (Lipinski definition) is 0. The van der Waals surface area contributed by atoms with Gasteiger partial charge >= 0.3 is 0 Å². The molecule has 0 aliphatic heterocycles. The van der Waals surface area contributed by atoms with E-state index in [1.54, 1.807) is 0 Å². The molecule has 9 heavy (non-hydrogen) atoms. The Morgan fingerprint density at radius 2 is 2.11 bits per heavy atom. The highest BCUT2D eigenvalue weighted by Crippen LogP contribution is 2.29. The van der Waals surface area contributed by atoms with E-state index >= 15 is 0 Å². The van der Waals surface area contributed by atoms with Crippen LogP contribution in [0.3, 0.4) is 0 Å². The first-order valence-electron chi connectivity index (χ1n) is 3.38. The molecule has 1 aliphatic rings. The van der Waals surface area contributed by atoms with Crippen LogP contribution in [-0.2, 0) is 4.74 Å². The summed E-state index contributed by atoms with van der Waals surface area (Å²) in [6.07, 6.45) is 3.09. The van der Waals surface area contributed by atoms with Crippen molar-refractivity contribution in [2.24, 2.45) is 0 Å². The Morgan fingerprint density at radius 3 is 2.44 bits per heavy atom. The Bertz CT molecular complexity index is 97.1. The zero-order chi connectivity index (χ0) is 6.91. The molecular weight excluding hydrogens is 180 g/mol. The number of halogens is 1. The Hall–Kier alpha value is 0.440. The van der Waals surface area contributed by atoms with Crippen LogP contribution in [0.15, 0.2) is 0 Å². The molecule has 0 unspecified atom stereocenters. The standard InChI is InChI=1S/C7H13BrO/c1-7(2,5-8)9-6-3-4-6/h6H,3-5H2,1-2H3. The first-order chi connectivity index (χ1) is 4.14. The summed E-state index contributed by atoms with van der Waals surface area (Å²) in [6, 6.07) is 0. The van der Waals surface area contributed by atoms with E-state index < -0.39 is 0 Å². The molecule has 0 aromatic carbocycles. The Kier molecular flexibility index (Phi) is 2.17. The van der Waals surface area contributed by atoms with Gasteiger partial charge in [-0.3, -0.25) is 0 Å². The molecule has 0 atom stereocenters. The van der Waals surface area contributed by atoms with Gasteiger partial charge in [0.25, 0.3) is 0 Å². The van der Waals surface area contributed by atoms with Crippen LogP contribution >= 0.6 is 15.9 Å². The van der Waals surface area contributed by atoms with Gasteiger partial charge in [0.15, 0.2) is 0 Å². The van der Waals surface area contributed by atoms with Gasteiger partial charge in [0.1, 0.15) is 0 Å². The predicted octanol–water partition coefficient (Wildman–Crippen LogP) is 2.34. The minimum absolute atomic E-state index is 0.0428. The van der Waals surface area contributed by atoms with Gasteiger partial charge in [0.05, 0.1) is 11.7 Å². The summed E-state index contributed by atoms with van der Waals surface area (Å²) in [6.45, 7) is 4.22. The maximum absolute atomic E-state index is 5.65. The van der Waals surface area contributed by atoms with Crippen LogP contribution in [0.1, 0.15) is 26.7 Å². The molecular formula is C7H13BrO. The average molecular weight is 193 g/mol. The fourth-order valence-corrected chi connectivity index (χ4v) is 0.801. The fourth-order valence-electron chi connectivity index (χ4n) is 0.669. The molecule has 1 aliphatic carbocycles. The van der Waals surface area contributed by atoms with Gasteiger partial charge in [-0.05, 0) is 26.7 Å². The normalized spacial score (nSPS) is 20.3. The van der Waals surface area contributed by atoms with Crippen molar-refractivity contribution in [2.45, 2.75) is 38.4 Å². The van der Waals surface area contributed by atoms with Crippen molar-refractivity contribution in [2.75, 3.05) is 5.33 Å². The lowest BCUT2D eigenvalue weighted by Crippen LogP contribution is -2.27. The van der Waals surface area contributed by atoms with Crippen molar-refractivity contribution < 1.29 is 4.74 Å². The Morgan fingerprint density at radius 1 is 1.56 bits per heavy atom. The lowest BCUT2D eigenvalue weighted by Gasteiger charge is -2.21. The van der Waals surface area contributed by atoms with E-state index in [-0.39, 0.29) is 5.60 Å². The molecule has 0 heterocycles. The molecule has 54 valence electrons. The van der Waals surface area contributed by atoms with Crippen LogP contribution in [0, 0.1) is 0 Å². The second-order valence-corrected chi connectivity index (χ2v) is 3.77. The van der Waals surface area contributed by atoms with Crippen LogP contribution in [0.4, 0.5) is 0 Å². The zero-order valence-corrected chi connectivity index (χ0v) is 7.57. The topological polar surface area (TPSA) is 9.23 Å². The first-order valence-corrected chi connectivity index (χ1v) is 4.50. The van der Waals surface area contributed by atoms with Gasteiger partial charge in [-0.25, -0.2) is 0 Å². The lowest BCUT2D eigenvalue weighted by molar-refractivity contribution is -0.0105. The Balaban J connectivity index is 2.21. The molecule has 2 heteroatoms. The minimum Gasteiger partial charge on any atom is -0.371 e. The maximum Gasteiger partial charge on any atom is 0.0726 e. The summed E-state index contributed by atoms with van der Waals surface area (Å²) in [5, 5.41) is 0.927. The van der Waals surface area contributed by atoms with E-state index in [0.29, 0.717) is 6.10 Å². The third-order valence-electron chi connectivity index (χ3n) is 1.33. The highest BCUT2D eigenvalue weighted by molar-refractivity contribution is 9.09. The highest BCUT2D eigenvalue weighted by Gasteiger charge is 2.29. The monoisotopic (exact) mass is 192 g/mol. The van der Waals surface area contributed by atoms with Crippen LogP contribution in [0.2, 0.25) is 0 Å². The number of hydrogen-bond acceptors (Lipinski definition) is 1. The zero-order valence-electron chi connectivity index (χ0n) is 5.98. The summed E-state index contributed by atoms with van der Waals surface area (Å²) in [5.41, 5.74) is 0.0428. The summed E-state index contributed by atoms with van der Waals surface area (Å²) < 4.78 is 5.65. The van der Waals surface area contributed by atoms with Crippen molar-refractivity contribution >= 4 is 15.9 Å². The van der Waals surface area contributed by atoms with Gasteiger partial charge in [0, 0.05) is 5.33 Å². The molecule has 1 saturated carbocycles. The van der Waals surface area contributed by atoms with Gasteiger partial charge < -0.3 is 4.74 Å². The average Bonchev–Trinajstić information content (AvgIpc) is 2.50. The third-order valence-corrected chi connectivity index (χ3v) is 2.68. The quantitative estimate of drug-likeness (QED) is 0.625. The largest absolute Gasteiger partial charge is 0.371 e. The second-order valence-electron chi connectivity index (χ2n) is 3.21. The maximum atomic E-state index is 5.65. The smallest absolute Gasteiger partial charge is 0.0726 e. The fraction of sp³-hybridized carbons (Fsp3) is 1.00. The van der Waals surface area contributed by atoms with Gasteiger partial charge in [0.2, 0.25) is 0 Å². The molecule has 0 amide bonds. The third kappa shape index (κ3) is 2.67. The van der Waals surface area contributed by atoms with E-state index in [2.05, 4.69) is 29.8 Å². The van der Waals surface area contributed by atoms with Gasteiger partial charge in [-0.1, -0.05) is 15.9 Å². The molecule has 0 spiro atoms. The molecule has 1 rings (SSSR count). The highest BCUT2D eigenvalue weighted by atomic mass is 79.9. The number of rotatable bonds is 3. The van der Waals surface area contributed by atoms with Crippen molar-refractivity contribution in [3.05, 3.63) is 0 Å². The van der Waals surface area contributed by atoms with Crippen LogP contribution in [0.25, 0.3) is 0 Å². The van der Waals surface area contributed by atoms with Crippen molar-refractivity contribution in [3.63, 3.8) is 0 Å². The van der Waals surface area contributed by atoms with Crippen LogP contribution in [0.5, 0.6) is 0 Å².